The number of benzene rings is 2. The molecule has 21 heteroatoms. The van der Waals surface area contributed by atoms with Gasteiger partial charge in [0.2, 0.25) is 0 Å². The van der Waals surface area contributed by atoms with Gasteiger partial charge in [-0.05, 0) is 38.1 Å². The Bertz CT molecular complexity index is 2040. The van der Waals surface area contributed by atoms with Crippen LogP contribution in [-0.2, 0) is 44.2 Å². The molecule has 2 aromatic heterocycles. The van der Waals surface area contributed by atoms with Gasteiger partial charge < -0.3 is 20.2 Å². The average Bonchev–Trinajstić information content (AvgIpc) is 3.59. The quantitative estimate of drug-likeness (QED) is 0.0876. The Balaban J connectivity index is 0.000000266. The highest BCUT2D eigenvalue weighted by Gasteiger charge is 2.41. The van der Waals surface area contributed by atoms with E-state index in [1.165, 1.54) is 32.9 Å². The van der Waals surface area contributed by atoms with Crippen molar-refractivity contribution in [1.29, 1.82) is 0 Å². The van der Waals surface area contributed by atoms with E-state index in [4.69, 9.17) is 0 Å². The fourth-order valence-corrected chi connectivity index (χ4v) is 6.98. The Morgan fingerprint density at radius 3 is 1.47 bits per heavy atom. The van der Waals surface area contributed by atoms with Crippen LogP contribution < -0.4 is 0 Å². The minimum atomic E-state index is -4.93. The molecule has 0 fully saturated rings. The molecule has 49 heavy (non-hydrogen) atoms. The predicted molar refractivity (Wildman–Crippen MR) is 167 cm³/mol. The van der Waals surface area contributed by atoms with Crippen molar-refractivity contribution in [3.8, 4) is 0 Å². The molecule has 2 aromatic carbocycles. The van der Waals surface area contributed by atoms with Crippen LogP contribution in [0.1, 0.15) is 50.2 Å². The van der Waals surface area contributed by atoms with Gasteiger partial charge in [-0.3, -0.25) is 24.4 Å². The van der Waals surface area contributed by atoms with Gasteiger partial charge in [-0.15, -0.1) is 0 Å². The summed E-state index contributed by atoms with van der Waals surface area (Å²) < 4.78 is 113. The number of sulfone groups is 1. The van der Waals surface area contributed by atoms with Crippen LogP contribution in [0.3, 0.4) is 0 Å². The van der Waals surface area contributed by atoms with Crippen molar-refractivity contribution >= 4 is 53.8 Å². The molecule has 0 aliphatic rings. The molecule has 3 atom stereocenters. The van der Waals surface area contributed by atoms with Gasteiger partial charge in [0.1, 0.15) is 22.3 Å². The molecule has 0 aliphatic carbocycles. The largest absolute Gasteiger partial charge is 0.423 e. The van der Waals surface area contributed by atoms with E-state index in [-0.39, 0.29) is 44.7 Å². The first kappa shape index (κ1) is 39.4. The van der Waals surface area contributed by atoms with Gasteiger partial charge in [0.25, 0.3) is 11.4 Å². The monoisotopic (exact) mass is 744 g/mol. The third-order valence-corrected chi connectivity index (χ3v) is 10.8. The van der Waals surface area contributed by atoms with Gasteiger partial charge in [0.15, 0.2) is 9.84 Å². The number of nitrogens with one attached hydrogen (secondary N) is 2. The normalized spacial score (nSPS) is 15.7. The Kier molecular flexibility index (Phi) is 11.0. The maximum absolute atomic E-state index is 13.0. The summed E-state index contributed by atoms with van der Waals surface area (Å²) in [7, 11) is -4.88. The van der Waals surface area contributed by atoms with Gasteiger partial charge in [-0.2, -0.15) is 26.3 Å². The highest BCUT2D eigenvalue weighted by atomic mass is 32.2. The summed E-state index contributed by atoms with van der Waals surface area (Å²) in [5, 5.41) is 42.8. The van der Waals surface area contributed by atoms with E-state index in [0.717, 1.165) is 12.1 Å². The van der Waals surface area contributed by atoms with Crippen molar-refractivity contribution in [2.75, 3.05) is 23.0 Å². The molecule has 4 N–H and O–H groups in total. The lowest BCUT2D eigenvalue weighted by atomic mass is 10.1. The molecule has 0 amide bonds. The minimum Gasteiger partial charge on any atom is -0.383 e. The number of halogens is 6. The third kappa shape index (κ3) is 9.13. The smallest absolute Gasteiger partial charge is 0.383 e. The second-order valence-corrected chi connectivity index (χ2v) is 15.5. The number of rotatable bonds is 10. The van der Waals surface area contributed by atoms with Gasteiger partial charge in [0, 0.05) is 67.6 Å². The summed E-state index contributed by atoms with van der Waals surface area (Å²) in [5.41, 5.74) is -8.42. The standard InChI is InChI=1S/C14H15F3N2O5S.C14H15F3N2O4S/c1-3-25(23,24)7-13(2,20)12-5-8-4-11(19(21)22)9(14(15,16)17)6-10(8)18-12;1-3-24(23)7-13(2,20)12-5-8-4-11(19(21)22)9(14(15,16)17)6-10(8)18-12/h4-6,18,20H,3,7H2,1-2H3;4-6,18,20H,3,7H2,1-2H3/t13-;13-,24?/m00/s1. The minimum absolute atomic E-state index is 0.00507. The van der Waals surface area contributed by atoms with Crippen molar-refractivity contribution in [2.45, 2.75) is 51.2 Å². The summed E-state index contributed by atoms with van der Waals surface area (Å²) in [5.74, 6) is -0.644. The van der Waals surface area contributed by atoms with E-state index in [9.17, 15) is 69.4 Å². The van der Waals surface area contributed by atoms with Crippen LogP contribution in [0.25, 0.3) is 21.8 Å². The number of aromatic amines is 2. The van der Waals surface area contributed by atoms with E-state index in [1.54, 1.807) is 6.92 Å². The highest BCUT2D eigenvalue weighted by Crippen LogP contribution is 2.41. The van der Waals surface area contributed by atoms with Crippen LogP contribution >= 0.6 is 0 Å². The lowest BCUT2D eigenvalue weighted by Crippen LogP contribution is -2.32. The topological polar surface area (TPSA) is 210 Å². The number of nitro benzene ring substituents is 2. The number of hydrogen-bond acceptors (Lipinski definition) is 9. The van der Waals surface area contributed by atoms with Crippen molar-refractivity contribution < 1.29 is 59.0 Å². The first-order valence-electron chi connectivity index (χ1n) is 14.0. The molecule has 0 saturated carbocycles. The fourth-order valence-electron chi connectivity index (χ4n) is 4.78. The predicted octanol–water partition coefficient (Wildman–Crippen LogP) is 5.81. The number of aliphatic hydroxyl groups is 2. The molecule has 0 radical (unpaired) electrons. The number of aromatic nitrogens is 2. The van der Waals surface area contributed by atoms with E-state index in [1.807, 2.05) is 0 Å². The van der Waals surface area contributed by atoms with Crippen molar-refractivity contribution in [3.05, 3.63) is 79.1 Å². The average molecular weight is 745 g/mol. The summed E-state index contributed by atoms with van der Waals surface area (Å²) in [6.45, 7) is 5.65. The van der Waals surface area contributed by atoms with E-state index >= 15 is 0 Å². The maximum Gasteiger partial charge on any atom is 0.423 e. The third-order valence-electron chi connectivity index (χ3n) is 7.34. The van der Waals surface area contributed by atoms with E-state index < -0.39 is 82.3 Å². The zero-order valence-electron chi connectivity index (χ0n) is 26.0. The first-order valence-corrected chi connectivity index (χ1v) is 17.3. The van der Waals surface area contributed by atoms with Crippen LogP contribution in [0.15, 0.2) is 36.4 Å². The lowest BCUT2D eigenvalue weighted by molar-refractivity contribution is -0.388. The van der Waals surface area contributed by atoms with Crippen molar-refractivity contribution in [1.82, 2.24) is 9.97 Å². The molecule has 2 heterocycles. The van der Waals surface area contributed by atoms with Gasteiger partial charge >= 0.3 is 12.4 Å². The van der Waals surface area contributed by atoms with Crippen LogP contribution in [0.2, 0.25) is 0 Å². The van der Waals surface area contributed by atoms with E-state index in [0.29, 0.717) is 17.9 Å². The fraction of sp³-hybridized carbons (Fsp3) is 0.429. The summed E-state index contributed by atoms with van der Waals surface area (Å²) in [6, 6.07) is 5.29. The zero-order valence-corrected chi connectivity index (χ0v) is 27.7. The second-order valence-electron chi connectivity index (χ2n) is 11.4. The molecular formula is C28H30F6N4O9S2. The molecule has 4 aromatic rings. The van der Waals surface area contributed by atoms with Crippen LogP contribution in [0.4, 0.5) is 37.7 Å². The number of alkyl halides is 6. The second kappa shape index (κ2) is 13.7. The molecular weight excluding hydrogens is 714 g/mol. The van der Waals surface area contributed by atoms with Crippen LogP contribution in [0.5, 0.6) is 0 Å². The molecule has 4 rings (SSSR count). The number of nitrogens with zero attached hydrogens (tertiary/aromatic N) is 2. The van der Waals surface area contributed by atoms with Crippen molar-refractivity contribution in [2.24, 2.45) is 0 Å². The summed E-state index contributed by atoms with van der Waals surface area (Å²) >= 11 is 0. The Labute approximate surface area is 276 Å². The summed E-state index contributed by atoms with van der Waals surface area (Å²) in [4.78, 5) is 24.7. The van der Waals surface area contributed by atoms with Crippen LogP contribution in [0, 0.1) is 20.2 Å². The maximum atomic E-state index is 13.0. The number of hydrogen-bond donors (Lipinski definition) is 4. The zero-order chi connectivity index (χ0) is 37.5. The van der Waals surface area contributed by atoms with Crippen molar-refractivity contribution in [3.63, 3.8) is 0 Å². The van der Waals surface area contributed by atoms with Crippen LogP contribution in [-0.4, -0.2) is 65.7 Å². The summed E-state index contributed by atoms with van der Waals surface area (Å²) in [6.07, 6.45) is -9.82. The van der Waals surface area contributed by atoms with E-state index in [2.05, 4.69) is 9.97 Å². The molecule has 0 bridgehead atoms. The first-order chi connectivity index (χ1) is 22.2. The lowest BCUT2D eigenvalue weighted by Gasteiger charge is -2.21. The highest BCUT2D eigenvalue weighted by molar-refractivity contribution is 7.91. The molecule has 0 aliphatic heterocycles. The molecule has 13 nitrogen and oxygen atoms in total. The molecule has 270 valence electrons. The molecule has 0 spiro atoms. The Morgan fingerprint density at radius 2 is 1.14 bits per heavy atom. The number of nitro groups is 2. The number of fused-ring (bicyclic) bond motifs is 2. The SMILES string of the molecule is CCS(=O)(=O)C[C@](C)(O)c1cc2cc([N+](=O)[O-])c(C(F)(F)F)cc2[nH]1.CCS(=O)C[C@](C)(O)c1cc2cc([N+](=O)[O-])c(C(F)(F)F)cc2[nH]1. The van der Waals surface area contributed by atoms with Gasteiger partial charge in [-0.25, -0.2) is 8.42 Å². The number of H-pyrrole nitrogens is 2. The van der Waals surface area contributed by atoms with Gasteiger partial charge in [-0.1, -0.05) is 13.8 Å². The Morgan fingerprint density at radius 1 is 0.755 bits per heavy atom. The molecule has 1 unspecified atom stereocenters. The Hall–Kier alpha value is -4.08. The molecule has 0 saturated heterocycles. The van der Waals surface area contributed by atoms with Gasteiger partial charge in [0.05, 0.1) is 21.4 Å².